The lowest BCUT2D eigenvalue weighted by molar-refractivity contribution is -0.145. The quantitative estimate of drug-likeness (QED) is 0.210. The number of carbonyl (C=O) groups excluding carboxylic acids is 5. The summed E-state index contributed by atoms with van der Waals surface area (Å²) >= 11 is 0. The van der Waals surface area contributed by atoms with Gasteiger partial charge in [-0.05, 0) is 60.6 Å². The van der Waals surface area contributed by atoms with E-state index in [-0.39, 0.29) is 37.8 Å². The largest absolute Gasteiger partial charge is 0.351 e. The number of nitrogens with one attached hydrogen (secondary N) is 4. The molecule has 0 bridgehead atoms. The number of rotatable bonds is 9. The maximum Gasteiger partial charge on any atom is 0.289 e. The lowest BCUT2D eigenvalue weighted by atomic mass is 9.79. The number of benzene rings is 3. The predicted molar refractivity (Wildman–Crippen MR) is 174 cm³/mol. The van der Waals surface area contributed by atoms with Gasteiger partial charge in [0.1, 0.15) is 17.8 Å². The van der Waals surface area contributed by atoms with Crippen molar-refractivity contribution in [3.05, 3.63) is 101 Å². The van der Waals surface area contributed by atoms with Crippen molar-refractivity contribution in [2.75, 3.05) is 11.9 Å². The minimum Gasteiger partial charge on any atom is -0.351 e. The van der Waals surface area contributed by atoms with Gasteiger partial charge >= 0.3 is 0 Å². The number of nitrogens with zero attached hydrogens (tertiary/aromatic N) is 1. The zero-order chi connectivity index (χ0) is 32.6. The third-order valence-corrected chi connectivity index (χ3v) is 9.03. The maximum absolute atomic E-state index is 14.4. The van der Waals surface area contributed by atoms with Crippen LogP contribution in [-0.4, -0.2) is 57.9 Å². The van der Waals surface area contributed by atoms with Crippen molar-refractivity contribution in [2.45, 2.75) is 57.7 Å². The minimum atomic E-state index is -1.21. The number of aromatic amines is 1. The number of likely N-dealkylation sites (tertiary alicyclic amines) is 1. The fraction of sp³-hybridized carbons (Fsp3) is 0.306. The second-order valence-corrected chi connectivity index (χ2v) is 12.7. The average Bonchev–Trinajstić information content (AvgIpc) is 3.74. The number of H-pyrrole nitrogens is 1. The van der Waals surface area contributed by atoms with Crippen LogP contribution in [0.3, 0.4) is 0 Å². The lowest BCUT2D eigenvalue weighted by Crippen LogP contribution is -2.54. The van der Waals surface area contributed by atoms with Crippen molar-refractivity contribution in [1.82, 2.24) is 20.5 Å². The Bertz CT molecular complexity index is 1850. The van der Waals surface area contributed by atoms with Gasteiger partial charge in [-0.25, -0.2) is 0 Å². The van der Waals surface area contributed by atoms with Gasteiger partial charge in [-0.2, -0.15) is 0 Å². The van der Waals surface area contributed by atoms with E-state index in [2.05, 4.69) is 20.9 Å². The Morgan fingerprint density at radius 1 is 0.978 bits per heavy atom. The van der Waals surface area contributed by atoms with Crippen LogP contribution in [0.5, 0.6) is 0 Å². The standard InChI is InChI=1S/C36H37N5O5/c1-21(2)16-29(39-32(43)28-17-24-22(3)10-9-15-26(24)38-28)34(45)41-20-36(25-13-7-8-14-27(25)40-35(36)46)18-30(41)31(42)33(44)37-19-23-11-5-4-6-12-23/h4-15,17,21,29-30,38H,16,18-20H2,1-3H3,(H,37,44)(H,39,43)(H,40,46)/t29-,30-,36-/m0/s1. The third-order valence-electron chi connectivity index (χ3n) is 9.03. The molecule has 0 radical (unpaired) electrons. The normalized spacial score (nSPS) is 19.3. The van der Waals surface area contributed by atoms with Crippen molar-refractivity contribution in [2.24, 2.45) is 5.92 Å². The topological polar surface area (TPSA) is 140 Å². The van der Waals surface area contributed by atoms with Crippen LogP contribution in [0, 0.1) is 12.8 Å². The van der Waals surface area contributed by atoms with Crippen LogP contribution in [0.25, 0.3) is 10.9 Å². The molecule has 4 aromatic rings. The Labute approximate surface area is 266 Å². The molecule has 10 nitrogen and oxygen atoms in total. The molecule has 3 aromatic carbocycles. The molecule has 1 aromatic heterocycles. The molecule has 0 aliphatic carbocycles. The molecule has 3 atom stereocenters. The molecule has 2 aliphatic rings. The van der Waals surface area contributed by atoms with Gasteiger partial charge in [0.2, 0.25) is 17.6 Å². The summed E-state index contributed by atoms with van der Waals surface area (Å²) in [5.41, 5.74) is 3.01. The second kappa shape index (κ2) is 12.3. The zero-order valence-electron chi connectivity index (χ0n) is 26.1. The molecule has 4 amide bonds. The Balaban J connectivity index is 1.30. The van der Waals surface area contributed by atoms with E-state index in [0.29, 0.717) is 16.9 Å². The van der Waals surface area contributed by atoms with Gasteiger partial charge in [-0.3, -0.25) is 24.0 Å². The maximum atomic E-state index is 14.4. The Morgan fingerprint density at radius 3 is 2.46 bits per heavy atom. The fourth-order valence-corrected chi connectivity index (χ4v) is 6.68. The van der Waals surface area contributed by atoms with Crippen LogP contribution in [0.4, 0.5) is 5.69 Å². The molecule has 6 rings (SSSR count). The summed E-state index contributed by atoms with van der Waals surface area (Å²) in [6.07, 6.45) is 0.236. The summed E-state index contributed by atoms with van der Waals surface area (Å²) in [5, 5.41) is 9.37. The van der Waals surface area contributed by atoms with Crippen LogP contribution in [-0.2, 0) is 31.1 Å². The van der Waals surface area contributed by atoms with Gasteiger partial charge in [0.05, 0.1) is 5.41 Å². The molecular weight excluding hydrogens is 582 g/mol. The van der Waals surface area contributed by atoms with Crippen LogP contribution < -0.4 is 16.0 Å². The van der Waals surface area contributed by atoms with Crippen LogP contribution in [0.2, 0.25) is 0 Å². The number of fused-ring (bicyclic) bond motifs is 3. The van der Waals surface area contributed by atoms with Crippen LogP contribution in [0.15, 0.2) is 78.9 Å². The lowest BCUT2D eigenvalue weighted by Gasteiger charge is -2.29. The summed E-state index contributed by atoms with van der Waals surface area (Å²) in [6.45, 7) is 5.86. The first kappa shape index (κ1) is 30.8. The van der Waals surface area contributed by atoms with E-state index in [1.54, 1.807) is 24.3 Å². The van der Waals surface area contributed by atoms with E-state index in [0.717, 1.165) is 22.0 Å². The minimum absolute atomic E-state index is 0.00889. The summed E-state index contributed by atoms with van der Waals surface area (Å²) in [6, 6.07) is 21.7. The molecular formula is C36H37N5O5. The summed E-state index contributed by atoms with van der Waals surface area (Å²) < 4.78 is 0. The molecule has 10 heteroatoms. The van der Waals surface area contributed by atoms with Gasteiger partial charge in [-0.15, -0.1) is 0 Å². The number of anilines is 1. The zero-order valence-corrected chi connectivity index (χ0v) is 26.1. The molecule has 4 N–H and O–H groups in total. The molecule has 3 heterocycles. The Hall–Kier alpha value is -5.25. The van der Waals surface area contributed by atoms with E-state index < -0.39 is 41.0 Å². The highest BCUT2D eigenvalue weighted by atomic mass is 16.2. The SMILES string of the molecule is Cc1cccc2[nH]c(C(=O)N[C@@H](CC(C)C)C(=O)N3C[C@]4(C[C@H]3C(=O)C(=O)NCc3ccccc3)C(=O)Nc3ccccc34)cc12. The van der Waals surface area contributed by atoms with E-state index in [1.807, 2.05) is 75.4 Å². The van der Waals surface area contributed by atoms with Crippen LogP contribution >= 0.6 is 0 Å². The molecule has 1 spiro atoms. The Kier molecular flexibility index (Phi) is 8.20. The monoisotopic (exact) mass is 619 g/mol. The van der Waals surface area contributed by atoms with E-state index in [4.69, 9.17) is 0 Å². The Morgan fingerprint density at radius 2 is 1.72 bits per heavy atom. The van der Waals surface area contributed by atoms with Gasteiger partial charge in [0.25, 0.3) is 11.8 Å². The van der Waals surface area contributed by atoms with Gasteiger partial charge in [0, 0.05) is 29.7 Å². The third kappa shape index (κ3) is 5.66. The number of hydrogen-bond donors (Lipinski definition) is 4. The van der Waals surface area contributed by atoms with Crippen molar-refractivity contribution >= 4 is 46.0 Å². The van der Waals surface area contributed by atoms with Crippen molar-refractivity contribution < 1.29 is 24.0 Å². The van der Waals surface area contributed by atoms with E-state index in [1.165, 1.54) is 4.90 Å². The predicted octanol–water partition coefficient (Wildman–Crippen LogP) is 4.00. The first-order valence-electron chi connectivity index (χ1n) is 15.5. The number of Topliss-reactive ketones (excluding diaryl/α,β-unsaturated/α-hetero) is 1. The number of para-hydroxylation sites is 1. The number of aryl methyl sites for hydroxylation is 1. The van der Waals surface area contributed by atoms with Gasteiger partial charge in [-0.1, -0.05) is 74.5 Å². The van der Waals surface area contributed by atoms with Gasteiger partial charge < -0.3 is 25.8 Å². The van der Waals surface area contributed by atoms with Crippen molar-refractivity contribution in [1.29, 1.82) is 0 Å². The second-order valence-electron chi connectivity index (χ2n) is 12.7. The van der Waals surface area contributed by atoms with E-state index in [9.17, 15) is 24.0 Å². The first-order valence-corrected chi connectivity index (χ1v) is 15.5. The number of carbonyl (C=O) groups is 5. The molecule has 46 heavy (non-hydrogen) atoms. The van der Waals surface area contributed by atoms with Gasteiger partial charge in [0.15, 0.2) is 0 Å². The van der Waals surface area contributed by atoms with Crippen LogP contribution in [0.1, 0.15) is 53.9 Å². The molecule has 1 fully saturated rings. The molecule has 0 unspecified atom stereocenters. The molecule has 0 saturated carbocycles. The fourth-order valence-electron chi connectivity index (χ4n) is 6.68. The number of ketones is 1. The molecule has 236 valence electrons. The summed E-state index contributed by atoms with van der Waals surface area (Å²) in [4.78, 5) is 73.1. The van der Waals surface area contributed by atoms with Crippen molar-refractivity contribution in [3.63, 3.8) is 0 Å². The molecule has 2 aliphatic heterocycles. The number of aromatic nitrogens is 1. The summed E-state index contributed by atoms with van der Waals surface area (Å²) in [5.74, 6) is -2.94. The highest BCUT2D eigenvalue weighted by Gasteiger charge is 2.58. The van der Waals surface area contributed by atoms with E-state index >= 15 is 0 Å². The number of amides is 4. The smallest absolute Gasteiger partial charge is 0.289 e. The first-order chi connectivity index (χ1) is 22.1. The number of hydrogen-bond acceptors (Lipinski definition) is 5. The summed E-state index contributed by atoms with van der Waals surface area (Å²) in [7, 11) is 0. The van der Waals surface area contributed by atoms with Crippen molar-refractivity contribution in [3.8, 4) is 0 Å². The highest BCUT2D eigenvalue weighted by Crippen LogP contribution is 2.46. The highest BCUT2D eigenvalue weighted by molar-refractivity contribution is 6.38. The average molecular weight is 620 g/mol. The molecule has 1 saturated heterocycles.